The van der Waals surface area contributed by atoms with Crippen molar-refractivity contribution in [3.63, 3.8) is 0 Å². The third kappa shape index (κ3) is 3.56. The molecule has 0 spiro atoms. The second-order valence-electron chi connectivity index (χ2n) is 6.27. The van der Waals surface area contributed by atoms with E-state index in [9.17, 15) is 14.4 Å². The molecular formula is C18H20N6O4S. The van der Waals surface area contributed by atoms with Gasteiger partial charge < -0.3 is 10.2 Å². The van der Waals surface area contributed by atoms with Gasteiger partial charge in [0.1, 0.15) is 11.4 Å². The Hall–Kier alpha value is -3.34. The molecule has 0 bridgehead atoms. The number of anilines is 1. The zero-order valence-electron chi connectivity index (χ0n) is 16.2. The quantitative estimate of drug-likeness (QED) is 0.344. The van der Waals surface area contributed by atoms with Crippen LogP contribution < -0.4 is 17.0 Å². The predicted octanol–water partition coefficient (Wildman–Crippen LogP) is 1.07. The third-order valence-corrected chi connectivity index (χ3v) is 5.46. The maximum atomic E-state index is 13.0. The lowest BCUT2D eigenvalue weighted by atomic mass is 10.1. The van der Waals surface area contributed by atoms with E-state index >= 15 is 0 Å². The number of aromatic nitrogens is 5. The molecule has 152 valence electrons. The zero-order valence-corrected chi connectivity index (χ0v) is 17.0. The van der Waals surface area contributed by atoms with Crippen LogP contribution in [-0.4, -0.2) is 34.9 Å². The molecule has 0 aromatic carbocycles. The van der Waals surface area contributed by atoms with E-state index in [-0.39, 0.29) is 11.4 Å². The van der Waals surface area contributed by atoms with Crippen LogP contribution in [0.5, 0.6) is 0 Å². The summed E-state index contributed by atoms with van der Waals surface area (Å²) in [5, 5.41) is 8.03. The SMILES string of the molecule is C=CCn1c(SC(C)C(=O)c2c(N)n(C)c(=O)n(C)c2=O)nnc1-c1ccco1. The van der Waals surface area contributed by atoms with Gasteiger partial charge in [0, 0.05) is 20.6 Å². The van der Waals surface area contributed by atoms with Crippen LogP contribution >= 0.6 is 11.8 Å². The molecule has 1 unspecified atom stereocenters. The number of ketones is 1. The van der Waals surface area contributed by atoms with Gasteiger partial charge in [0.25, 0.3) is 5.56 Å². The van der Waals surface area contributed by atoms with Crippen molar-refractivity contribution in [3.8, 4) is 11.6 Å². The molecule has 1 atom stereocenters. The fourth-order valence-corrected chi connectivity index (χ4v) is 3.68. The summed E-state index contributed by atoms with van der Waals surface area (Å²) in [4.78, 5) is 37.4. The van der Waals surface area contributed by atoms with Crippen molar-refractivity contribution < 1.29 is 9.21 Å². The molecule has 0 saturated heterocycles. The van der Waals surface area contributed by atoms with Crippen LogP contribution in [-0.2, 0) is 20.6 Å². The lowest BCUT2D eigenvalue weighted by molar-refractivity contribution is 0.0992. The van der Waals surface area contributed by atoms with Gasteiger partial charge in [-0.05, 0) is 19.1 Å². The molecule has 11 heteroatoms. The molecule has 3 rings (SSSR count). The smallest absolute Gasteiger partial charge is 0.332 e. The number of nitrogen functional groups attached to an aromatic ring is 1. The van der Waals surface area contributed by atoms with E-state index in [1.165, 1.54) is 20.4 Å². The number of nitrogens with zero attached hydrogens (tertiary/aromatic N) is 5. The van der Waals surface area contributed by atoms with Crippen molar-refractivity contribution in [1.29, 1.82) is 0 Å². The summed E-state index contributed by atoms with van der Waals surface area (Å²) in [6, 6.07) is 3.49. The van der Waals surface area contributed by atoms with Crippen LogP contribution in [0.25, 0.3) is 11.6 Å². The van der Waals surface area contributed by atoms with Crippen molar-refractivity contribution in [3.05, 3.63) is 57.5 Å². The molecule has 3 heterocycles. The molecule has 3 aromatic rings. The minimum absolute atomic E-state index is 0.167. The Labute approximate surface area is 169 Å². The summed E-state index contributed by atoms with van der Waals surface area (Å²) in [6.45, 7) is 5.77. The van der Waals surface area contributed by atoms with Crippen molar-refractivity contribution >= 4 is 23.4 Å². The van der Waals surface area contributed by atoms with Gasteiger partial charge >= 0.3 is 5.69 Å². The first kappa shape index (κ1) is 20.4. The summed E-state index contributed by atoms with van der Waals surface area (Å²) >= 11 is 1.12. The minimum Gasteiger partial charge on any atom is -0.461 e. The Kier molecular flexibility index (Phi) is 5.59. The Morgan fingerprint density at radius 3 is 2.69 bits per heavy atom. The molecule has 3 aromatic heterocycles. The average molecular weight is 416 g/mol. The number of allylic oxidation sites excluding steroid dienone is 1. The highest BCUT2D eigenvalue weighted by Crippen LogP contribution is 2.28. The van der Waals surface area contributed by atoms with Crippen LogP contribution in [0.15, 0.2) is 50.2 Å². The van der Waals surface area contributed by atoms with Gasteiger partial charge in [0.05, 0.1) is 11.5 Å². The highest BCUT2D eigenvalue weighted by Gasteiger charge is 2.27. The van der Waals surface area contributed by atoms with E-state index in [0.29, 0.717) is 23.3 Å². The maximum Gasteiger partial charge on any atom is 0.332 e. The van der Waals surface area contributed by atoms with Gasteiger partial charge in [-0.3, -0.25) is 23.3 Å². The number of Topliss-reactive ketones (excluding diaryl/α,β-unsaturated/α-hetero) is 1. The molecule has 0 aliphatic rings. The van der Waals surface area contributed by atoms with Gasteiger partial charge in [0.15, 0.2) is 16.7 Å². The summed E-state index contributed by atoms with van der Waals surface area (Å²) in [6.07, 6.45) is 3.20. The first-order valence-electron chi connectivity index (χ1n) is 8.62. The Balaban J connectivity index is 1.97. The number of rotatable bonds is 7. The summed E-state index contributed by atoms with van der Waals surface area (Å²) < 4.78 is 9.06. The first-order chi connectivity index (χ1) is 13.8. The third-order valence-electron chi connectivity index (χ3n) is 4.38. The number of nitrogens with two attached hydrogens (primary N) is 1. The molecule has 29 heavy (non-hydrogen) atoms. The molecule has 2 N–H and O–H groups in total. The van der Waals surface area contributed by atoms with Gasteiger partial charge in [-0.15, -0.1) is 16.8 Å². The van der Waals surface area contributed by atoms with E-state index in [0.717, 1.165) is 20.9 Å². The Morgan fingerprint density at radius 2 is 2.07 bits per heavy atom. The van der Waals surface area contributed by atoms with Gasteiger partial charge in [-0.1, -0.05) is 17.8 Å². The summed E-state index contributed by atoms with van der Waals surface area (Å²) in [5.74, 6) is 0.353. The van der Waals surface area contributed by atoms with Crippen LogP contribution in [0.2, 0.25) is 0 Å². The Morgan fingerprint density at radius 1 is 1.34 bits per heavy atom. The Bertz CT molecular complexity index is 1190. The summed E-state index contributed by atoms with van der Waals surface area (Å²) in [7, 11) is 2.71. The van der Waals surface area contributed by atoms with Gasteiger partial charge in [-0.25, -0.2) is 4.79 Å². The van der Waals surface area contributed by atoms with E-state index in [1.54, 1.807) is 29.7 Å². The predicted molar refractivity (Wildman–Crippen MR) is 109 cm³/mol. The number of furan rings is 1. The van der Waals surface area contributed by atoms with Crippen molar-refractivity contribution in [2.75, 3.05) is 5.73 Å². The largest absolute Gasteiger partial charge is 0.461 e. The molecule has 10 nitrogen and oxygen atoms in total. The average Bonchev–Trinajstić information content (AvgIpc) is 3.35. The fraction of sp³-hybridized carbons (Fsp3) is 0.278. The van der Waals surface area contributed by atoms with Crippen molar-refractivity contribution in [2.24, 2.45) is 14.1 Å². The fourth-order valence-electron chi connectivity index (χ4n) is 2.76. The molecule has 0 aliphatic heterocycles. The number of thioether (sulfide) groups is 1. The molecule has 0 saturated carbocycles. The molecular weight excluding hydrogens is 396 g/mol. The normalized spacial score (nSPS) is 12.1. The van der Waals surface area contributed by atoms with Gasteiger partial charge in [0.2, 0.25) is 5.82 Å². The second kappa shape index (κ2) is 7.95. The monoisotopic (exact) mass is 416 g/mol. The highest BCUT2D eigenvalue weighted by molar-refractivity contribution is 8.00. The second-order valence-corrected chi connectivity index (χ2v) is 7.58. The zero-order chi connectivity index (χ0) is 21.3. The van der Waals surface area contributed by atoms with E-state index < -0.39 is 22.3 Å². The topological polar surface area (TPSA) is 131 Å². The number of carbonyl (C=O) groups excluding carboxylic acids is 1. The summed E-state index contributed by atoms with van der Waals surface area (Å²) in [5.41, 5.74) is 4.34. The van der Waals surface area contributed by atoms with Crippen LogP contribution in [0, 0.1) is 0 Å². The maximum absolute atomic E-state index is 13.0. The number of hydrogen-bond acceptors (Lipinski definition) is 8. The van der Waals surface area contributed by atoms with Crippen molar-refractivity contribution in [2.45, 2.75) is 23.9 Å². The highest BCUT2D eigenvalue weighted by atomic mass is 32.2. The lowest BCUT2D eigenvalue weighted by Crippen LogP contribution is -2.42. The van der Waals surface area contributed by atoms with Crippen LogP contribution in [0.1, 0.15) is 17.3 Å². The number of carbonyl (C=O) groups is 1. The van der Waals surface area contributed by atoms with E-state index in [1.807, 2.05) is 0 Å². The van der Waals surface area contributed by atoms with Gasteiger partial charge in [-0.2, -0.15) is 0 Å². The van der Waals surface area contributed by atoms with Crippen molar-refractivity contribution in [1.82, 2.24) is 23.9 Å². The molecule has 0 fully saturated rings. The number of hydrogen-bond donors (Lipinski definition) is 1. The lowest BCUT2D eigenvalue weighted by Gasteiger charge is -2.14. The molecule has 0 amide bonds. The minimum atomic E-state index is -0.730. The van der Waals surface area contributed by atoms with Crippen LogP contribution in [0.3, 0.4) is 0 Å². The first-order valence-corrected chi connectivity index (χ1v) is 9.50. The molecule has 0 aliphatic carbocycles. The molecule has 0 radical (unpaired) electrons. The van der Waals surface area contributed by atoms with Crippen LogP contribution in [0.4, 0.5) is 5.82 Å². The standard InChI is InChI=1S/C18H20N6O4S/c1-5-8-24-15(11-7-6-9-28-11)20-21-17(24)29-10(2)13(25)12-14(19)22(3)18(27)23(4)16(12)26/h5-7,9-10H,1,8,19H2,2-4H3. The van der Waals surface area contributed by atoms with E-state index in [4.69, 9.17) is 10.2 Å². The van der Waals surface area contributed by atoms with E-state index in [2.05, 4.69) is 16.8 Å².